The fraction of sp³-hybridized carbons (Fsp3) is 0.375. The molecule has 0 aliphatic rings. The van der Waals surface area contributed by atoms with Gasteiger partial charge in [-0.2, -0.15) is 0 Å². The van der Waals surface area contributed by atoms with Gasteiger partial charge in [-0.25, -0.2) is 0 Å². The lowest BCUT2D eigenvalue weighted by Gasteiger charge is -2.18. The second-order valence-corrected chi connectivity index (χ2v) is 4.89. The number of benzene rings is 1. The average Bonchev–Trinajstić information content (AvgIpc) is 2.93. The zero-order chi connectivity index (χ0) is 14.5. The smallest absolute Gasteiger partial charge is 0.122 e. The predicted octanol–water partition coefficient (Wildman–Crippen LogP) is 2.91. The number of nitrogens with one attached hydrogen (secondary N) is 1. The van der Waals surface area contributed by atoms with Crippen LogP contribution in [0.5, 0.6) is 5.75 Å². The molecule has 3 N–H and O–H groups in total. The van der Waals surface area contributed by atoms with Crippen molar-refractivity contribution in [2.24, 2.45) is 5.84 Å². The maximum atomic E-state index is 5.73. The second kappa shape index (κ2) is 6.59. The SMILES string of the molecule is CCc1occc1C(Cc1cc(C)ccc1OC)NN. The number of hydrazine groups is 1. The summed E-state index contributed by atoms with van der Waals surface area (Å²) in [4.78, 5) is 0. The van der Waals surface area contributed by atoms with Gasteiger partial charge in [0.1, 0.15) is 11.5 Å². The van der Waals surface area contributed by atoms with Crippen molar-refractivity contribution in [3.63, 3.8) is 0 Å². The third-order valence-corrected chi connectivity index (χ3v) is 3.54. The monoisotopic (exact) mass is 274 g/mol. The van der Waals surface area contributed by atoms with E-state index in [4.69, 9.17) is 15.0 Å². The van der Waals surface area contributed by atoms with E-state index >= 15 is 0 Å². The Morgan fingerprint density at radius 2 is 2.15 bits per heavy atom. The molecule has 0 fully saturated rings. The van der Waals surface area contributed by atoms with E-state index in [1.807, 2.05) is 18.2 Å². The van der Waals surface area contributed by atoms with Crippen molar-refractivity contribution in [2.75, 3.05) is 7.11 Å². The summed E-state index contributed by atoms with van der Waals surface area (Å²) in [6.45, 7) is 4.15. The van der Waals surface area contributed by atoms with Crippen LogP contribution in [0.3, 0.4) is 0 Å². The zero-order valence-corrected chi connectivity index (χ0v) is 12.3. The molecule has 0 saturated carbocycles. The molecule has 4 nitrogen and oxygen atoms in total. The Bertz CT molecular complexity index is 563. The van der Waals surface area contributed by atoms with Gasteiger partial charge < -0.3 is 9.15 Å². The lowest BCUT2D eigenvalue weighted by atomic mass is 9.97. The standard InChI is InChI=1S/C16H22N2O2/c1-4-15-13(7-8-20-15)14(18-17)10-12-9-11(2)5-6-16(12)19-3/h5-9,14,18H,4,10,17H2,1-3H3. The lowest BCUT2D eigenvalue weighted by molar-refractivity contribution is 0.405. The minimum absolute atomic E-state index is 0.0133. The van der Waals surface area contributed by atoms with E-state index in [0.717, 1.165) is 35.5 Å². The maximum absolute atomic E-state index is 5.73. The molecule has 2 aromatic rings. The number of nitrogens with two attached hydrogens (primary N) is 1. The van der Waals surface area contributed by atoms with E-state index in [1.54, 1.807) is 13.4 Å². The third-order valence-electron chi connectivity index (χ3n) is 3.54. The predicted molar refractivity (Wildman–Crippen MR) is 79.6 cm³/mol. The quantitative estimate of drug-likeness (QED) is 0.628. The second-order valence-electron chi connectivity index (χ2n) is 4.89. The van der Waals surface area contributed by atoms with Crippen LogP contribution in [0, 0.1) is 6.92 Å². The molecular formula is C16H22N2O2. The topological polar surface area (TPSA) is 60.4 Å². The summed E-state index contributed by atoms with van der Waals surface area (Å²) in [5.41, 5.74) is 6.34. The number of hydrogen-bond acceptors (Lipinski definition) is 4. The highest BCUT2D eigenvalue weighted by Crippen LogP contribution is 2.28. The number of hydrogen-bond donors (Lipinski definition) is 2. The summed E-state index contributed by atoms with van der Waals surface area (Å²) in [6.07, 6.45) is 3.32. The summed E-state index contributed by atoms with van der Waals surface area (Å²) in [6, 6.07) is 8.16. The summed E-state index contributed by atoms with van der Waals surface area (Å²) >= 11 is 0. The molecule has 1 aromatic carbocycles. The summed E-state index contributed by atoms with van der Waals surface area (Å²) in [5, 5.41) is 0. The summed E-state index contributed by atoms with van der Waals surface area (Å²) in [5.74, 6) is 7.59. The number of furan rings is 1. The maximum Gasteiger partial charge on any atom is 0.122 e. The van der Waals surface area contributed by atoms with Crippen LogP contribution < -0.4 is 16.0 Å². The Morgan fingerprint density at radius 1 is 1.35 bits per heavy atom. The molecule has 0 saturated heterocycles. The van der Waals surface area contributed by atoms with Crippen molar-refractivity contribution in [3.05, 3.63) is 53.0 Å². The van der Waals surface area contributed by atoms with Gasteiger partial charge in [-0.15, -0.1) is 0 Å². The highest BCUT2D eigenvalue weighted by Gasteiger charge is 2.18. The van der Waals surface area contributed by atoms with Gasteiger partial charge in [0, 0.05) is 12.0 Å². The molecule has 2 rings (SSSR count). The summed E-state index contributed by atoms with van der Waals surface area (Å²) in [7, 11) is 1.69. The Hall–Kier alpha value is -1.78. The van der Waals surface area contributed by atoms with Crippen LogP contribution >= 0.6 is 0 Å². The number of methoxy groups -OCH3 is 1. The van der Waals surface area contributed by atoms with Crippen molar-refractivity contribution in [1.29, 1.82) is 0 Å². The molecular weight excluding hydrogens is 252 g/mol. The van der Waals surface area contributed by atoms with E-state index in [9.17, 15) is 0 Å². The largest absolute Gasteiger partial charge is 0.496 e. The fourth-order valence-electron chi connectivity index (χ4n) is 2.49. The van der Waals surface area contributed by atoms with Crippen LogP contribution in [-0.4, -0.2) is 7.11 Å². The molecule has 1 unspecified atom stereocenters. The van der Waals surface area contributed by atoms with Crippen LogP contribution in [-0.2, 0) is 12.8 Å². The molecule has 1 atom stereocenters. The van der Waals surface area contributed by atoms with Crippen molar-refractivity contribution < 1.29 is 9.15 Å². The first-order valence-corrected chi connectivity index (χ1v) is 6.85. The van der Waals surface area contributed by atoms with Gasteiger partial charge in [-0.1, -0.05) is 24.6 Å². The highest BCUT2D eigenvalue weighted by molar-refractivity contribution is 5.38. The molecule has 0 spiro atoms. The Kier molecular flexibility index (Phi) is 4.82. The Labute approximate surface area is 119 Å². The normalized spacial score (nSPS) is 12.4. The molecule has 0 radical (unpaired) electrons. The van der Waals surface area contributed by atoms with Crippen molar-refractivity contribution in [3.8, 4) is 5.75 Å². The van der Waals surface area contributed by atoms with Gasteiger partial charge in [0.25, 0.3) is 0 Å². The molecule has 4 heteroatoms. The molecule has 0 aliphatic heterocycles. The van der Waals surface area contributed by atoms with Crippen molar-refractivity contribution >= 4 is 0 Å². The first-order valence-electron chi connectivity index (χ1n) is 6.85. The van der Waals surface area contributed by atoms with Crippen LogP contribution in [0.2, 0.25) is 0 Å². The van der Waals surface area contributed by atoms with E-state index in [1.165, 1.54) is 5.56 Å². The van der Waals surface area contributed by atoms with Gasteiger partial charge in [0.15, 0.2) is 0 Å². The fourth-order valence-corrected chi connectivity index (χ4v) is 2.49. The average molecular weight is 274 g/mol. The first-order chi connectivity index (χ1) is 9.69. The van der Waals surface area contributed by atoms with E-state index in [2.05, 4.69) is 25.3 Å². The number of aryl methyl sites for hydroxylation is 2. The van der Waals surface area contributed by atoms with Gasteiger partial charge >= 0.3 is 0 Å². The van der Waals surface area contributed by atoms with Gasteiger partial charge in [-0.05, 0) is 31.0 Å². The third kappa shape index (κ3) is 3.03. The van der Waals surface area contributed by atoms with Crippen LogP contribution in [0.15, 0.2) is 34.9 Å². The highest BCUT2D eigenvalue weighted by atomic mass is 16.5. The number of rotatable bonds is 6. The summed E-state index contributed by atoms with van der Waals surface area (Å²) < 4.78 is 10.9. The Morgan fingerprint density at radius 3 is 2.80 bits per heavy atom. The van der Waals surface area contributed by atoms with E-state index in [-0.39, 0.29) is 6.04 Å². The molecule has 0 amide bonds. The lowest BCUT2D eigenvalue weighted by Crippen LogP contribution is -2.30. The molecule has 0 bridgehead atoms. The minimum Gasteiger partial charge on any atom is -0.496 e. The van der Waals surface area contributed by atoms with Crippen LogP contribution in [0.4, 0.5) is 0 Å². The number of ether oxygens (including phenoxy) is 1. The van der Waals surface area contributed by atoms with Gasteiger partial charge in [-0.3, -0.25) is 11.3 Å². The molecule has 0 aliphatic carbocycles. The molecule has 20 heavy (non-hydrogen) atoms. The van der Waals surface area contributed by atoms with E-state index in [0.29, 0.717) is 0 Å². The zero-order valence-electron chi connectivity index (χ0n) is 12.3. The first kappa shape index (κ1) is 14.6. The van der Waals surface area contributed by atoms with Crippen molar-refractivity contribution in [1.82, 2.24) is 5.43 Å². The molecule has 108 valence electrons. The van der Waals surface area contributed by atoms with Crippen molar-refractivity contribution in [2.45, 2.75) is 32.7 Å². The van der Waals surface area contributed by atoms with Crippen LogP contribution in [0.25, 0.3) is 0 Å². The Balaban J connectivity index is 2.29. The van der Waals surface area contributed by atoms with E-state index < -0.39 is 0 Å². The molecule has 1 aromatic heterocycles. The minimum atomic E-state index is 0.0133. The van der Waals surface area contributed by atoms with Gasteiger partial charge in [0.2, 0.25) is 0 Å². The molecule has 1 heterocycles. The van der Waals surface area contributed by atoms with Crippen LogP contribution in [0.1, 0.15) is 35.4 Å². The van der Waals surface area contributed by atoms with Gasteiger partial charge in [0.05, 0.1) is 19.4 Å².